The summed E-state index contributed by atoms with van der Waals surface area (Å²) in [5.41, 5.74) is 3.34. The molecule has 4 aromatic rings. The SMILES string of the molecule is Cc1ccc(S(=O)(=O)N(CC(=O)N(Cc2ccc(F)cc2)C(Cc2ccccc2)C(=O)NC(C)C)c2ccccc2C)cc1. The summed E-state index contributed by atoms with van der Waals surface area (Å²) < 4.78 is 43.2. The zero-order chi connectivity index (χ0) is 31.9. The Morgan fingerprint density at radius 1 is 0.795 bits per heavy atom. The molecule has 4 rings (SSSR count). The van der Waals surface area contributed by atoms with E-state index in [9.17, 15) is 22.4 Å². The van der Waals surface area contributed by atoms with Gasteiger partial charge in [0.2, 0.25) is 11.8 Å². The van der Waals surface area contributed by atoms with Crippen molar-refractivity contribution in [1.82, 2.24) is 10.2 Å². The Hall–Kier alpha value is -4.50. The second-order valence-corrected chi connectivity index (χ2v) is 13.0. The molecule has 44 heavy (non-hydrogen) atoms. The van der Waals surface area contributed by atoms with Crippen molar-refractivity contribution in [2.45, 2.75) is 57.6 Å². The predicted molar refractivity (Wildman–Crippen MR) is 171 cm³/mol. The van der Waals surface area contributed by atoms with Crippen LogP contribution in [0.3, 0.4) is 0 Å². The van der Waals surface area contributed by atoms with Crippen LogP contribution in [0.15, 0.2) is 108 Å². The van der Waals surface area contributed by atoms with Crippen LogP contribution in [-0.2, 0) is 32.6 Å². The van der Waals surface area contributed by atoms with E-state index in [0.717, 1.165) is 15.4 Å². The predicted octanol–water partition coefficient (Wildman–Crippen LogP) is 5.80. The van der Waals surface area contributed by atoms with Gasteiger partial charge in [-0.15, -0.1) is 0 Å². The highest BCUT2D eigenvalue weighted by Gasteiger charge is 2.35. The lowest BCUT2D eigenvalue weighted by molar-refractivity contribution is -0.140. The molecule has 7 nitrogen and oxygen atoms in total. The van der Waals surface area contributed by atoms with E-state index < -0.39 is 34.3 Å². The van der Waals surface area contributed by atoms with E-state index in [-0.39, 0.29) is 29.8 Å². The Morgan fingerprint density at radius 3 is 2.02 bits per heavy atom. The fraction of sp³-hybridized carbons (Fsp3) is 0.257. The van der Waals surface area contributed by atoms with Crippen LogP contribution in [-0.4, -0.2) is 43.8 Å². The average molecular weight is 616 g/mol. The number of anilines is 1. The normalized spacial score (nSPS) is 12.0. The van der Waals surface area contributed by atoms with Crippen molar-refractivity contribution in [3.63, 3.8) is 0 Å². The van der Waals surface area contributed by atoms with E-state index in [2.05, 4.69) is 5.32 Å². The summed E-state index contributed by atoms with van der Waals surface area (Å²) in [6, 6.07) is 27.2. The van der Waals surface area contributed by atoms with Gasteiger partial charge in [-0.25, -0.2) is 12.8 Å². The van der Waals surface area contributed by atoms with Crippen LogP contribution < -0.4 is 9.62 Å². The van der Waals surface area contributed by atoms with Crippen LogP contribution in [0.25, 0.3) is 0 Å². The maximum Gasteiger partial charge on any atom is 0.264 e. The average Bonchev–Trinajstić information content (AvgIpc) is 2.99. The first kappa shape index (κ1) is 32.4. The molecule has 0 aliphatic heterocycles. The largest absolute Gasteiger partial charge is 0.352 e. The van der Waals surface area contributed by atoms with Crippen LogP contribution >= 0.6 is 0 Å². The lowest BCUT2D eigenvalue weighted by atomic mass is 10.0. The number of rotatable bonds is 12. The minimum Gasteiger partial charge on any atom is -0.352 e. The van der Waals surface area contributed by atoms with E-state index in [1.165, 1.54) is 29.2 Å². The summed E-state index contributed by atoms with van der Waals surface area (Å²) >= 11 is 0. The molecule has 0 heterocycles. The lowest BCUT2D eigenvalue weighted by Gasteiger charge is -2.34. The third kappa shape index (κ3) is 8.11. The van der Waals surface area contributed by atoms with Crippen molar-refractivity contribution < 1.29 is 22.4 Å². The first-order valence-corrected chi connectivity index (χ1v) is 15.9. The Labute approximate surface area is 259 Å². The number of benzene rings is 4. The summed E-state index contributed by atoms with van der Waals surface area (Å²) in [7, 11) is -4.19. The zero-order valence-corrected chi connectivity index (χ0v) is 26.2. The first-order chi connectivity index (χ1) is 21.0. The smallest absolute Gasteiger partial charge is 0.264 e. The van der Waals surface area contributed by atoms with Crippen molar-refractivity contribution in [3.05, 3.63) is 131 Å². The van der Waals surface area contributed by atoms with E-state index >= 15 is 0 Å². The van der Waals surface area contributed by atoms with E-state index in [0.29, 0.717) is 16.8 Å². The van der Waals surface area contributed by atoms with Crippen LogP contribution in [0.4, 0.5) is 10.1 Å². The fourth-order valence-corrected chi connectivity index (χ4v) is 6.39. The van der Waals surface area contributed by atoms with Crippen molar-refractivity contribution in [2.24, 2.45) is 0 Å². The highest BCUT2D eigenvalue weighted by Crippen LogP contribution is 2.28. The van der Waals surface area contributed by atoms with Gasteiger partial charge in [-0.1, -0.05) is 78.4 Å². The minimum atomic E-state index is -4.19. The molecule has 1 N–H and O–H groups in total. The molecular formula is C35H38FN3O4S. The van der Waals surface area contributed by atoms with Gasteiger partial charge in [0.25, 0.3) is 10.0 Å². The molecule has 2 amide bonds. The molecule has 230 valence electrons. The standard InChI is InChI=1S/C35H38FN3O4S/c1-25(2)37-35(41)33(22-28-11-6-5-7-12-28)38(23-29-16-18-30(36)19-17-29)34(40)24-39(32-13-9-8-10-27(32)4)44(42,43)31-20-14-26(3)15-21-31/h5-21,25,33H,22-24H2,1-4H3,(H,37,41). The second kappa shape index (κ2) is 14.3. The highest BCUT2D eigenvalue weighted by molar-refractivity contribution is 7.92. The molecule has 0 radical (unpaired) electrons. The maximum atomic E-state index is 14.4. The fourth-order valence-electron chi connectivity index (χ4n) is 4.92. The Kier molecular flexibility index (Phi) is 10.5. The van der Waals surface area contributed by atoms with Gasteiger partial charge in [0.05, 0.1) is 10.6 Å². The number of sulfonamides is 1. The molecule has 0 aliphatic carbocycles. The van der Waals surface area contributed by atoms with Crippen molar-refractivity contribution in [2.75, 3.05) is 10.8 Å². The number of amides is 2. The van der Waals surface area contributed by atoms with Gasteiger partial charge >= 0.3 is 0 Å². The quantitative estimate of drug-likeness (QED) is 0.218. The number of para-hydroxylation sites is 1. The lowest BCUT2D eigenvalue weighted by Crippen LogP contribution is -2.54. The topological polar surface area (TPSA) is 86.8 Å². The monoisotopic (exact) mass is 615 g/mol. The molecule has 4 aromatic carbocycles. The van der Waals surface area contributed by atoms with Gasteiger partial charge in [-0.05, 0) is 74.7 Å². The highest BCUT2D eigenvalue weighted by atomic mass is 32.2. The summed E-state index contributed by atoms with van der Waals surface area (Å²) in [5, 5.41) is 2.92. The van der Waals surface area contributed by atoms with Crippen LogP contribution in [0.2, 0.25) is 0 Å². The van der Waals surface area contributed by atoms with Crippen LogP contribution in [0.5, 0.6) is 0 Å². The number of hydrogen-bond donors (Lipinski definition) is 1. The van der Waals surface area contributed by atoms with Gasteiger partial charge in [0, 0.05) is 19.0 Å². The number of nitrogens with zero attached hydrogens (tertiary/aromatic N) is 2. The molecule has 0 spiro atoms. The Bertz CT molecular complexity index is 1680. The Balaban J connectivity index is 1.81. The Morgan fingerprint density at radius 2 is 1.41 bits per heavy atom. The molecule has 0 aromatic heterocycles. The minimum absolute atomic E-state index is 0.0334. The summed E-state index contributed by atoms with van der Waals surface area (Å²) in [6.07, 6.45) is 0.196. The number of aryl methyl sites for hydroxylation is 2. The van der Waals surface area contributed by atoms with Gasteiger partial charge in [0.1, 0.15) is 18.4 Å². The van der Waals surface area contributed by atoms with E-state index in [4.69, 9.17) is 0 Å². The van der Waals surface area contributed by atoms with Crippen molar-refractivity contribution >= 4 is 27.5 Å². The van der Waals surface area contributed by atoms with Gasteiger partial charge in [-0.3, -0.25) is 13.9 Å². The maximum absolute atomic E-state index is 14.4. The first-order valence-electron chi connectivity index (χ1n) is 14.5. The number of halogens is 1. The number of carbonyl (C=O) groups excluding carboxylic acids is 2. The van der Waals surface area contributed by atoms with E-state index in [1.807, 2.05) is 51.1 Å². The number of hydrogen-bond acceptors (Lipinski definition) is 4. The number of nitrogens with one attached hydrogen (secondary N) is 1. The molecule has 0 fully saturated rings. The molecule has 0 bridgehead atoms. The van der Waals surface area contributed by atoms with Crippen molar-refractivity contribution in [3.8, 4) is 0 Å². The molecular weight excluding hydrogens is 577 g/mol. The third-order valence-corrected chi connectivity index (χ3v) is 9.01. The molecule has 0 saturated carbocycles. The summed E-state index contributed by atoms with van der Waals surface area (Å²) in [5.74, 6) is -1.38. The zero-order valence-electron chi connectivity index (χ0n) is 25.4. The number of carbonyl (C=O) groups is 2. The third-order valence-electron chi connectivity index (χ3n) is 7.24. The second-order valence-electron chi connectivity index (χ2n) is 11.1. The molecule has 1 atom stereocenters. The van der Waals surface area contributed by atoms with Crippen molar-refractivity contribution in [1.29, 1.82) is 0 Å². The van der Waals surface area contributed by atoms with E-state index in [1.54, 1.807) is 55.5 Å². The van der Waals surface area contributed by atoms with Gasteiger partial charge in [0.15, 0.2) is 0 Å². The molecule has 0 saturated heterocycles. The van der Waals surface area contributed by atoms with Crippen LogP contribution in [0.1, 0.15) is 36.1 Å². The molecule has 0 aliphatic rings. The molecule has 9 heteroatoms. The summed E-state index contributed by atoms with van der Waals surface area (Å²) in [4.78, 5) is 29.6. The van der Waals surface area contributed by atoms with Crippen LogP contribution in [0, 0.1) is 19.7 Å². The van der Waals surface area contributed by atoms with Gasteiger partial charge < -0.3 is 10.2 Å². The van der Waals surface area contributed by atoms with Gasteiger partial charge in [-0.2, -0.15) is 0 Å². The summed E-state index contributed by atoms with van der Waals surface area (Å²) in [6.45, 7) is 6.72. The molecule has 1 unspecified atom stereocenters.